The third kappa shape index (κ3) is 4.08. The summed E-state index contributed by atoms with van der Waals surface area (Å²) in [5, 5.41) is 8.81. The van der Waals surface area contributed by atoms with Gasteiger partial charge in [0.15, 0.2) is 0 Å². The predicted molar refractivity (Wildman–Crippen MR) is 61.7 cm³/mol. The number of hydrogen-bond donors (Lipinski definition) is 1. The molecule has 1 unspecified atom stereocenters. The zero-order valence-corrected chi connectivity index (χ0v) is 10.5. The zero-order valence-electron chi connectivity index (χ0n) is 10.5. The van der Waals surface area contributed by atoms with Gasteiger partial charge in [-0.15, -0.1) is 0 Å². The smallest absolute Gasteiger partial charge is 0.433 e. The average molecular weight is 277 g/mol. The Labute approximate surface area is 108 Å². The first kappa shape index (κ1) is 15.2. The molecule has 19 heavy (non-hydrogen) atoms. The van der Waals surface area contributed by atoms with Crippen LogP contribution in [0.15, 0.2) is 12.3 Å². The molecule has 0 aromatic carbocycles. The van der Waals surface area contributed by atoms with Gasteiger partial charge in [0.25, 0.3) is 0 Å². The van der Waals surface area contributed by atoms with E-state index in [9.17, 15) is 18.0 Å². The summed E-state index contributed by atoms with van der Waals surface area (Å²) in [5.41, 5.74) is -1.04. The van der Waals surface area contributed by atoms with Gasteiger partial charge in [-0.3, -0.25) is 4.79 Å². The Balaban J connectivity index is 2.96. The minimum atomic E-state index is -4.55. The lowest BCUT2D eigenvalue weighted by Crippen LogP contribution is -2.33. The lowest BCUT2D eigenvalue weighted by Gasteiger charge is -2.23. The Morgan fingerprint density at radius 2 is 2.16 bits per heavy atom. The summed E-state index contributed by atoms with van der Waals surface area (Å²) in [6.45, 7) is 3.53. The molecule has 106 valence electrons. The predicted octanol–water partition coefficient (Wildman–Crippen LogP) is 2.04. The van der Waals surface area contributed by atoms with Crippen molar-refractivity contribution in [3.8, 4) is 0 Å². The summed E-state index contributed by atoms with van der Waals surface area (Å²) in [5.74, 6) is -1.87. The molecular weight excluding hydrogens is 263 g/mol. The number of carboxylic acid groups (broad SMARTS) is 1. The average Bonchev–Trinajstić information content (AvgIpc) is 2.34. The van der Waals surface area contributed by atoms with Crippen molar-refractivity contribution in [3.63, 3.8) is 0 Å². The van der Waals surface area contributed by atoms with Crippen molar-refractivity contribution in [2.45, 2.75) is 20.0 Å². The van der Waals surface area contributed by atoms with E-state index in [1.165, 1.54) is 11.8 Å². The largest absolute Gasteiger partial charge is 0.481 e. The van der Waals surface area contributed by atoms with Crippen LogP contribution in [0.5, 0.6) is 0 Å². The van der Waals surface area contributed by atoms with Crippen LogP contribution in [-0.2, 0) is 11.0 Å². The summed E-state index contributed by atoms with van der Waals surface area (Å²) in [7, 11) is 0. The molecule has 1 aromatic heterocycles. The van der Waals surface area contributed by atoms with Crippen molar-refractivity contribution in [1.29, 1.82) is 0 Å². The van der Waals surface area contributed by atoms with Crippen LogP contribution < -0.4 is 4.90 Å². The van der Waals surface area contributed by atoms with Crippen molar-refractivity contribution in [1.82, 2.24) is 9.97 Å². The third-order valence-electron chi connectivity index (χ3n) is 2.51. The minimum Gasteiger partial charge on any atom is -0.481 e. The highest BCUT2D eigenvalue weighted by molar-refractivity contribution is 5.70. The van der Waals surface area contributed by atoms with Crippen LogP contribution in [0, 0.1) is 5.92 Å². The molecule has 5 nitrogen and oxygen atoms in total. The van der Waals surface area contributed by atoms with Gasteiger partial charge in [0.2, 0.25) is 5.95 Å². The van der Waals surface area contributed by atoms with Crippen LogP contribution in [-0.4, -0.2) is 34.1 Å². The molecule has 0 aliphatic heterocycles. The normalized spacial score (nSPS) is 13.1. The van der Waals surface area contributed by atoms with E-state index in [-0.39, 0.29) is 12.5 Å². The molecule has 1 rings (SSSR count). The molecule has 1 atom stereocenters. The van der Waals surface area contributed by atoms with Gasteiger partial charge >= 0.3 is 12.1 Å². The molecule has 1 N–H and O–H groups in total. The summed E-state index contributed by atoms with van der Waals surface area (Å²) in [4.78, 5) is 19.3. The van der Waals surface area contributed by atoms with Gasteiger partial charge in [-0.1, -0.05) is 6.92 Å². The Hall–Kier alpha value is -1.86. The lowest BCUT2D eigenvalue weighted by atomic mass is 10.2. The number of aromatic nitrogens is 2. The molecule has 0 aliphatic carbocycles. The van der Waals surface area contributed by atoms with Gasteiger partial charge in [0.05, 0.1) is 5.92 Å². The highest BCUT2D eigenvalue weighted by atomic mass is 19.4. The number of carboxylic acids is 1. The number of halogens is 3. The zero-order chi connectivity index (χ0) is 14.6. The van der Waals surface area contributed by atoms with E-state index in [1.54, 1.807) is 6.92 Å². The van der Waals surface area contributed by atoms with Gasteiger partial charge in [0, 0.05) is 19.3 Å². The van der Waals surface area contributed by atoms with Crippen LogP contribution in [0.4, 0.5) is 19.1 Å². The first-order chi connectivity index (χ1) is 8.75. The van der Waals surface area contributed by atoms with Crippen LogP contribution >= 0.6 is 0 Å². The van der Waals surface area contributed by atoms with Crippen LogP contribution in [0.3, 0.4) is 0 Å². The maximum absolute atomic E-state index is 12.5. The number of anilines is 1. The fourth-order valence-corrected chi connectivity index (χ4v) is 1.42. The fourth-order valence-electron chi connectivity index (χ4n) is 1.42. The maximum atomic E-state index is 12.5. The molecule has 0 saturated heterocycles. The molecule has 0 amide bonds. The van der Waals surface area contributed by atoms with E-state index in [1.807, 2.05) is 0 Å². The number of carbonyl (C=O) groups is 1. The van der Waals surface area contributed by atoms with Crippen LogP contribution in [0.25, 0.3) is 0 Å². The Bertz CT molecular complexity index is 451. The molecule has 0 bridgehead atoms. The Kier molecular flexibility index (Phi) is 4.68. The minimum absolute atomic E-state index is 0.0488. The second kappa shape index (κ2) is 5.85. The van der Waals surface area contributed by atoms with Crippen molar-refractivity contribution in [3.05, 3.63) is 18.0 Å². The van der Waals surface area contributed by atoms with Crippen molar-refractivity contribution in [2.75, 3.05) is 18.0 Å². The monoisotopic (exact) mass is 277 g/mol. The van der Waals surface area contributed by atoms with Crippen LogP contribution in [0.1, 0.15) is 19.5 Å². The third-order valence-corrected chi connectivity index (χ3v) is 2.51. The van der Waals surface area contributed by atoms with E-state index >= 15 is 0 Å². The number of nitrogens with zero attached hydrogens (tertiary/aromatic N) is 3. The molecule has 0 spiro atoms. The number of hydrogen-bond acceptors (Lipinski definition) is 4. The number of aliphatic carboxylic acids is 1. The first-order valence-corrected chi connectivity index (χ1v) is 5.63. The van der Waals surface area contributed by atoms with E-state index in [0.717, 1.165) is 12.3 Å². The molecule has 0 aliphatic rings. The van der Waals surface area contributed by atoms with Crippen molar-refractivity contribution in [2.24, 2.45) is 5.92 Å². The van der Waals surface area contributed by atoms with Crippen molar-refractivity contribution >= 4 is 11.9 Å². The van der Waals surface area contributed by atoms with Crippen LogP contribution in [0.2, 0.25) is 0 Å². The van der Waals surface area contributed by atoms with Gasteiger partial charge in [-0.2, -0.15) is 13.2 Å². The van der Waals surface area contributed by atoms with Gasteiger partial charge < -0.3 is 10.0 Å². The Morgan fingerprint density at radius 3 is 2.63 bits per heavy atom. The summed E-state index contributed by atoms with van der Waals surface area (Å²) in [6, 6.07) is 0.776. The molecule has 1 heterocycles. The molecule has 0 fully saturated rings. The van der Waals surface area contributed by atoms with Gasteiger partial charge in [-0.05, 0) is 13.0 Å². The molecule has 1 aromatic rings. The summed E-state index contributed by atoms with van der Waals surface area (Å²) in [6.07, 6.45) is -3.53. The van der Waals surface area contributed by atoms with E-state index < -0.39 is 23.8 Å². The summed E-state index contributed by atoms with van der Waals surface area (Å²) < 4.78 is 37.6. The maximum Gasteiger partial charge on any atom is 0.433 e. The summed E-state index contributed by atoms with van der Waals surface area (Å²) >= 11 is 0. The second-order valence-corrected chi connectivity index (χ2v) is 4.02. The number of alkyl halides is 3. The quantitative estimate of drug-likeness (QED) is 0.892. The van der Waals surface area contributed by atoms with E-state index in [0.29, 0.717) is 6.54 Å². The molecular formula is C11H14F3N3O2. The lowest BCUT2D eigenvalue weighted by molar-refractivity contribution is -0.142. The number of rotatable bonds is 5. The standard InChI is InChI=1S/C11H14F3N3O2/c1-3-17(6-7(2)9(18)19)10-15-5-4-8(16-10)11(12,13)14/h4-5,7H,3,6H2,1-2H3,(H,18,19). The first-order valence-electron chi connectivity index (χ1n) is 5.63. The van der Waals surface area contributed by atoms with E-state index in [4.69, 9.17) is 5.11 Å². The topological polar surface area (TPSA) is 66.3 Å². The molecule has 0 saturated carbocycles. The SMILES string of the molecule is CCN(CC(C)C(=O)O)c1nccc(C(F)(F)F)n1. The highest BCUT2D eigenvalue weighted by Crippen LogP contribution is 2.28. The second-order valence-electron chi connectivity index (χ2n) is 4.02. The molecule has 8 heteroatoms. The van der Waals surface area contributed by atoms with Crippen molar-refractivity contribution < 1.29 is 23.1 Å². The highest BCUT2D eigenvalue weighted by Gasteiger charge is 2.33. The van der Waals surface area contributed by atoms with Gasteiger partial charge in [0.1, 0.15) is 5.69 Å². The Morgan fingerprint density at radius 1 is 1.53 bits per heavy atom. The molecule has 0 radical (unpaired) electrons. The van der Waals surface area contributed by atoms with Gasteiger partial charge in [-0.25, -0.2) is 9.97 Å². The van der Waals surface area contributed by atoms with E-state index in [2.05, 4.69) is 9.97 Å². The fraction of sp³-hybridized carbons (Fsp3) is 0.545.